The van der Waals surface area contributed by atoms with Gasteiger partial charge in [-0.2, -0.15) is 0 Å². The molecule has 1 aromatic carbocycles. The summed E-state index contributed by atoms with van der Waals surface area (Å²) in [6, 6.07) is 4.98. The van der Waals surface area contributed by atoms with Crippen molar-refractivity contribution in [1.82, 2.24) is 4.90 Å². The summed E-state index contributed by atoms with van der Waals surface area (Å²) in [4.78, 5) is 25.2. The minimum absolute atomic E-state index is 0.200. The Morgan fingerprint density at radius 1 is 1.30 bits per heavy atom. The molecule has 1 amide bonds. The number of amides is 1. The molecule has 0 aliphatic rings. The van der Waals surface area contributed by atoms with Gasteiger partial charge in [0.2, 0.25) is 5.91 Å². The number of benzene rings is 1. The van der Waals surface area contributed by atoms with Gasteiger partial charge in [-0.25, -0.2) is 9.18 Å². The van der Waals surface area contributed by atoms with Gasteiger partial charge in [-0.1, -0.05) is 19.1 Å². The summed E-state index contributed by atoms with van der Waals surface area (Å²) < 4.78 is 13.1. The molecule has 1 rings (SSSR count). The highest BCUT2D eigenvalue weighted by molar-refractivity contribution is 5.87. The van der Waals surface area contributed by atoms with Crippen LogP contribution >= 0.6 is 0 Å². The third kappa shape index (κ3) is 2.66. The molecule has 0 aromatic heterocycles. The lowest BCUT2D eigenvalue weighted by molar-refractivity contribution is -0.162. The average molecular weight is 281 g/mol. The van der Waals surface area contributed by atoms with E-state index in [4.69, 9.17) is 0 Å². The zero-order chi connectivity index (χ0) is 15.5. The average Bonchev–Trinajstić information content (AvgIpc) is 2.35. The molecule has 4 nitrogen and oxygen atoms in total. The maximum atomic E-state index is 13.1. The summed E-state index contributed by atoms with van der Waals surface area (Å²) in [6.07, 6.45) is 0.200. The minimum atomic E-state index is -1.48. The van der Waals surface area contributed by atoms with Gasteiger partial charge in [0, 0.05) is 13.0 Å². The van der Waals surface area contributed by atoms with E-state index in [1.165, 1.54) is 36.1 Å². The Bertz CT molecular complexity index is 498. The second-order valence-corrected chi connectivity index (χ2v) is 5.01. The summed E-state index contributed by atoms with van der Waals surface area (Å²) in [6.45, 7) is 6.57. The number of carbonyl (C=O) groups is 2. The van der Waals surface area contributed by atoms with E-state index in [1.807, 2.05) is 0 Å². The van der Waals surface area contributed by atoms with Crippen molar-refractivity contribution in [3.63, 3.8) is 0 Å². The summed E-state index contributed by atoms with van der Waals surface area (Å²) in [7, 11) is 0. The van der Waals surface area contributed by atoms with Crippen LogP contribution in [-0.2, 0) is 15.1 Å². The smallest absolute Gasteiger partial charge is 0.334 e. The lowest BCUT2D eigenvalue weighted by atomic mass is 9.84. The van der Waals surface area contributed by atoms with Gasteiger partial charge in [-0.3, -0.25) is 4.79 Å². The van der Waals surface area contributed by atoms with Gasteiger partial charge >= 0.3 is 5.97 Å². The number of carboxylic acids is 1. The Morgan fingerprint density at radius 2 is 1.80 bits per heavy atom. The van der Waals surface area contributed by atoms with Gasteiger partial charge < -0.3 is 10.0 Å². The zero-order valence-electron chi connectivity index (χ0n) is 12.2. The monoisotopic (exact) mass is 281 g/mol. The van der Waals surface area contributed by atoms with Crippen molar-refractivity contribution in [3.05, 3.63) is 35.6 Å². The van der Waals surface area contributed by atoms with Crippen LogP contribution in [0.5, 0.6) is 0 Å². The molecule has 0 aliphatic heterocycles. The molecule has 110 valence electrons. The van der Waals surface area contributed by atoms with Gasteiger partial charge in [-0.15, -0.1) is 0 Å². The number of hydrogen-bond acceptors (Lipinski definition) is 2. The normalized spacial score (nSPS) is 13.9. The topological polar surface area (TPSA) is 57.6 Å². The highest BCUT2D eigenvalue weighted by atomic mass is 19.1. The molecule has 1 aromatic rings. The highest BCUT2D eigenvalue weighted by Crippen LogP contribution is 2.34. The molecule has 1 atom stereocenters. The van der Waals surface area contributed by atoms with E-state index < -0.39 is 17.3 Å². The van der Waals surface area contributed by atoms with Crippen LogP contribution in [0.1, 0.15) is 39.7 Å². The van der Waals surface area contributed by atoms with Gasteiger partial charge in [-0.05, 0) is 38.0 Å². The SMILES string of the molecule is CCC(C(=O)O)(c1ccc(F)cc1)N(C(C)=O)C(C)C. The first-order valence-electron chi connectivity index (χ1n) is 6.56. The molecule has 0 spiro atoms. The van der Waals surface area contributed by atoms with Gasteiger partial charge in [0.1, 0.15) is 5.82 Å². The number of nitrogens with zero attached hydrogens (tertiary/aromatic N) is 1. The molecule has 0 heterocycles. The van der Waals surface area contributed by atoms with Crippen LogP contribution < -0.4 is 0 Å². The van der Waals surface area contributed by atoms with Crippen LogP contribution in [0.2, 0.25) is 0 Å². The Hall–Kier alpha value is -1.91. The zero-order valence-corrected chi connectivity index (χ0v) is 12.2. The first-order chi connectivity index (χ1) is 9.27. The fourth-order valence-electron chi connectivity index (χ4n) is 2.69. The largest absolute Gasteiger partial charge is 0.479 e. The molecule has 1 unspecified atom stereocenters. The van der Waals surface area contributed by atoms with E-state index in [-0.39, 0.29) is 18.4 Å². The van der Waals surface area contributed by atoms with Gasteiger partial charge in [0.05, 0.1) is 0 Å². The third-order valence-corrected chi connectivity index (χ3v) is 3.45. The first-order valence-corrected chi connectivity index (χ1v) is 6.56. The second kappa shape index (κ2) is 6.03. The van der Waals surface area contributed by atoms with Crippen molar-refractivity contribution in [2.45, 2.75) is 45.7 Å². The lowest BCUT2D eigenvalue weighted by Gasteiger charge is -2.42. The lowest BCUT2D eigenvalue weighted by Crippen LogP contribution is -2.56. The highest BCUT2D eigenvalue weighted by Gasteiger charge is 2.47. The van der Waals surface area contributed by atoms with Crippen LogP contribution in [0.15, 0.2) is 24.3 Å². The number of carboxylic acid groups (broad SMARTS) is 1. The number of halogens is 1. The van der Waals surface area contributed by atoms with E-state index in [0.717, 1.165) is 0 Å². The minimum Gasteiger partial charge on any atom is -0.479 e. The van der Waals surface area contributed by atoms with Crippen molar-refractivity contribution < 1.29 is 19.1 Å². The van der Waals surface area contributed by atoms with Crippen molar-refractivity contribution in [1.29, 1.82) is 0 Å². The first kappa shape index (κ1) is 16.1. The molecule has 0 radical (unpaired) electrons. The molecule has 20 heavy (non-hydrogen) atoms. The van der Waals surface area contributed by atoms with Crippen LogP contribution in [-0.4, -0.2) is 27.9 Å². The summed E-state index contributed by atoms with van der Waals surface area (Å²) in [5.41, 5.74) is -1.08. The molecular formula is C15H20FNO3. The van der Waals surface area contributed by atoms with Crippen LogP contribution in [0.4, 0.5) is 4.39 Å². The van der Waals surface area contributed by atoms with E-state index in [0.29, 0.717) is 5.56 Å². The number of carbonyl (C=O) groups excluding carboxylic acids is 1. The van der Waals surface area contributed by atoms with Gasteiger partial charge in [0.15, 0.2) is 5.54 Å². The van der Waals surface area contributed by atoms with E-state index in [1.54, 1.807) is 20.8 Å². The molecule has 0 saturated carbocycles. The molecule has 0 bridgehead atoms. The Kier molecular flexibility index (Phi) is 4.87. The maximum absolute atomic E-state index is 13.1. The van der Waals surface area contributed by atoms with Crippen LogP contribution in [0, 0.1) is 5.82 Å². The summed E-state index contributed by atoms with van der Waals surface area (Å²) >= 11 is 0. The third-order valence-electron chi connectivity index (χ3n) is 3.45. The number of aliphatic carboxylic acids is 1. The van der Waals surface area contributed by atoms with Crippen molar-refractivity contribution in [3.8, 4) is 0 Å². The summed E-state index contributed by atoms with van der Waals surface area (Å²) in [5.74, 6) is -1.88. The fourth-order valence-corrected chi connectivity index (χ4v) is 2.69. The fraction of sp³-hybridized carbons (Fsp3) is 0.467. The quantitative estimate of drug-likeness (QED) is 0.903. The van der Waals surface area contributed by atoms with Crippen LogP contribution in [0.3, 0.4) is 0 Å². The Morgan fingerprint density at radius 3 is 2.10 bits per heavy atom. The second-order valence-electron chi connectivity index (χ2n) is 5.01. The maximum Gasteiger partial charge on any atom is 0.334 e. The molecule has 0 fully saturated rings. The number of hydrogen-bond donors (Lipinski definition) is 1. The van der Waals surface area contributed by atoms with E-state index >= 15 is 0 Å². The van der Waals surface area contributed by atoms with Crippen LogP contribution in [0.25, 0.3) is 0 Å². The molecule has 0 saturated heterocycles. The van der Waals surface area contributed by atoms with E-state index in [2.05, 4.69) is 0 Å². The standard InChI is InChI=1S/C15H20FNO3/c1-5-15(14(19)20,17(10(2)3)11(4)18)12-6-8-13(16)9-7-12/h6-10H,5H2,1-4H3,(H,19,20). The van der Waals surface area contributed by atoms with Crippen molar-refractivity contribution >= 4 is 11.9 Å². The molecular weight excluding hydrogens is 261 g/mol. The van der Waals surface area contributed by atoms with Crippen molar-refractivity contribution in [2.75, 3.05) is 0 Å². The van der Waals surface area contributed by atoms with Gasteiger partial charge in [0.25, 0.3) is 0 Å². The molecule has 1 N–H and O–H groups in total. The Labute approximate surface area is 118 Å². The molecule has 5 heteroatoms. The predicted octanol–water partition coefficient (Wildman–Crippen LogP) is 2.77. The summed E-state index contributed by atoms with van der Waals surface area (Å²) in [5, 5.41) is 9.73. The molecule has 0 aliphatic carbocycles. The predicted molar refractivity (Wildman–Crippen MR) is 73.7 cm³/mol. The van der Waals surface area contributed by atoms with E-state index in [9.17, 15) is 19.1 Å². The van der Waals surface area contributed by atoms with Crippen molar-refractivity contribution in [2.24, 2.45) is 0 Å². The Balaban J connectivity index is 3.53. The number of rotatable bonds is 5.